The number of halogens is 3. The van der Waals surface area contributed by atoms with E-state index in [1.54, 1.807) is 0 Å². The van der Waals surface area contributed by atoms with Gasteiger partial charge >= 0.3 is 5.51 Å². The predicted molar refractivity (Wildman–Crippen MR) is 62.1 cm³/mol. The van der Waals surface area contributed by atoms with Crippen molar-refractivity contribution in [2.75, 3.05) is 5.75 Å². The van der Waals surface area contributed by atoms with Gasteiger partial charge in [0, 0.05) is 18.0 Å². The van der Waals surface area contributed by atoms with E-state index in [9.17, 15) is 13.2 Å². The summed E-state index contributed by atoms with van der Waals surface area (Å²) >= 11 is 0.0426. The topological polar surface area (TPSA) is 17.8 Å². The second kappa shape index (κ2) is 4.92. The van der Waals surface area contributed by atoms with Crippen molar-refractivity contribution in [3.63, 3.8) is 0 Å². The summed E-state index contributed by atoms with van der Waals surface area (Å²) in [4.78, 5) is 4.44. The third-order valence-corrected chi connectivity index (χ3v) is 3.72. The number of hydrogen-bond donors (Lipinski definition) is 0. The number of thioether (sulfide) groups is 1. The highest BCUT2D eigenvalue weighted by Crippen LogP contribution is 2.30. The lowest BCUT2D eigenvalue weighted by Crippen LogP contribution is -2.12. The standard InChI is InChI=1S/C11H15F3N2S/c1-8-15-9-4-2-3-5-10(9)16(8)6-7-17-11(12,13)14/h2-7H2,1H3. The van der Waals surface area contributed by atoms with Gasteiger partial charge in [-0.15, -0.1) is 0 Å². The fourth-order valence-corrected chi connectivity index (χ4v) is 2.79. The zero-order chi connectivity index (χ0) is 12.5. The van der Waals surface area contributed by atoms with Crippen LogP contribution in [0.3, 0.4) is 0 Å². The Kier molecular flexibility index (Phi) is 3.70. The van der Waals surface area contributed by atoms with Crippen LogP contribution in [-0.2, 0) is 19.4 Å². The Balaban J connectivity index is 2.03. The van der Waals surface area contributed by atoms with Gasteiger partial charge in [0.05, 0.1) is 5.69 Å². The molecule has 0 N–H and O–H groups in total. The van der Waals surface area contributed by atoms with Crippen molar-refractivity contribution < 1.29 is 13.2 Å². The van der Waals surface area contributed by atoms with Crippen molar-refractivity contribution in [3.05, 3.63) is 17.2 Å². The normalized spacial score (nSPS) is 16.0. The minimum absolute atomic E-state index is 0.0426. The van der Waals surface area contributed by atoms with Crippen LogP contribution in [-0.4, -0.2) is 20.8 Å². The molecule has 2 nitrogen and oxygen atoms in total. The average molecular weight is 264 g/mol. The van der Waals surface area contributed by atoms with E-state index in [1.807, 2.05) is 11.5 Å². The van der Waals surface area contributed by atoms with Crippen molar-refractivity contribution in [1.82, 2.24) is 9.55 Å². The highest BCUT2D eigenvalue weighted by atomic mass is 32.2. The number of aryl methyl sites for hydroxylation is 2. The monoisotopic (exact) mass is 264 g/mol. The average Bonchev–Trinajstić information content (AvgIpc) is 2.54. The van der Waals surface area contributed by atoms with Crippen LogP contribution in [0.1, 0.15) is 30.1 Å². The Hall–Kier alpha value is -0.650. The molecular weight excluding hydrogens is 249 g/mol. The molecular formula is C11H15F3N2S. The van der Waals surface area contributed by atoms with E-state index in [0.29, 0.717) is 6.54 Å². The molecule has 1 aliphatic carbocycles. The molecule has 1 aromatic heterocycles. The van der Waals surface area contributed by atoms with Crippen LogP contribution in [0.2, 0.25) is 0 Å². The van der Waals surface area contributed by atoms with Crippen molar-refractivity contribution in [2.45, 2.75) is 44.7 Å². The van der Waals surface area contributed by atoms with Crippen LogP contribution in [0, 0.1) is 6.92 Å². The first-order valence-corrected chi connectivity index (χ1v) is 6.71. The molecule has 0 radical (unpaired) electrons. The number of imidazole rings is 1. The predicted octanol–water partition coefficient (Wildman–Crippen LogP) is 3.32. The molecule has 17 heavy (non-hydrogen) atoms. The van der Waals surface area contributed by atoms with Gasteiger partial charge in [-0.1, -0.05) is 0 Å². The molecule has 0 saturated carbocycles. The summed E-state index contributed by atoms with van der Waals surface area (Å²) in [5.74, 6) is 0.910. The molecule has 0 aliphatic heterocycles. The molecule has 2 rings (SSSR count). The maximum Gasteiger partial charge on any atom is 0.441 e. The Bertz CT molecular complexity index is 398. The summed E-state index contributed by atoms with van der Waals surface area (Å²) in [5.41, 5.74) is -1.89. The fraction of sp³-hybridized carbons (Fsp3) is 0.727. The van der Waals surface area contributed by atoms with Crippen LogP contribution in [0.15, 0.2) is 0 Å². The van der Waals surface area contributed by atoms with Gasteiger partial charge in [-0.25, -0.2) is 4.98 Å². The quantitative estimate of drug-likeness (QED) is 0.833. The first-order valence-electron chi connectivity index (χ1n) is 5.73. The summed E-state index contributed by atoms with van der Waals surface area (Å²) in [6.45, 7) is 2.27. The lowest BCUT2D eigenvalue weighted by molar-refractivity contribution is -0.0328. The highest BCUT2D eigenvalue weighted by molar-refractivity contribution is 8.00. The highest BCUT2D eigenvalue weighted by Gasteiger charge is 2.28. The molecule has 1 aliphatic rings. The molecule has 1 aromatic rings. The van der Waals surface area contributed by atoms with Gasteiger partial charge in [0.15, 0.2) is 0 Å². The van der Waals surface area contributed by atoms with Gasteiger partial charge in [0.2, 0.25) is 0 Å². The molecule has 0 saturated heterocycles. The molecule has 6 heteroatoms. The van der Waals surface area contributed by atoms with Crippen LogP contribution in [0.25, 0.3) is 0 Å². The number of fused-ring (bicyclic) bond motifs is 1. The second-order valence-electron chi connectivity index (χ2n) is 4.21. The molecule has 0 bridgehead atoms. The van der Waals surface area contributed by atoms with E-state index in [2.05, 4.69) is 4.98 Å². The Morgan fingerprint density at radius 3 is 2.71 bits per heavy atom. The molecule has 0 amide bonds. The summed E-state index contributed by atoms with van der Waals surface area (Å²) in [6, 6.07) is 0. The Morgan fingerprint density at radius 2 is 2.00 bits per heavy atom. The minimum atomic E-state index is -4.13. The van der Waals surface area contributed by atoms with Crippen LogP contribution >= 0.6 is 11.8 Å². The van der Waals surface area contributed by atoms with E-state index in [0.717, 1.165) is 42.9 Å². The molecule has 0 atom stereocenters. The third-order valence-electron chi connectivity index (χ3n) is 3.00. The van der Waals surface area contributed by atoms with E-state index >= 15 is 0 Å². The lowest BCUT2D eigenvalue weighted by atomic mass is 10.0. The van der Waals surface area contributed by atoms with E-state index in [4.69, 9.17) is 0 Å². The number of alkyl halides is 3. The zero-order valence-electron chi connectivity index (χ0n) is 9.68. The Morgan fingerprint density at radius 1 is 1.29 bits per heavy atom. The molecule has 0 unspecified atom stereocenters. The molecule has 96 valence electrons. The van der Waals surface area contributed by atoms with Crippen LogP contribution in [0.4, 0.5) is 13.2 Å². The number of aromatic nitrogens is 2. The van der Waals surface area contributed by atoms with Gasteiger partial charge in [-0.05, 0) is 44.4 Å². The van der Waals surface area contributed by atoms with Gasteiger partial charge < -0.3 is 4.57 Å². The summed E-state index contributed by atoms with van der Waals surface area (Å²) in [6.07, 6.45) is 4.17. The second-order valence-corrected chi connectivity index (χ2v) is 5.37. The van der Waals surface area contributed by atoms with Crippen molar-refractivity contribution in [3.8, 4) is 0 Å². The van der Waals surface area contributed by atoms with Gasteiger partial charge in [0.1, 0.15) is 5.82 Å². The lowest BCUT2D eigenvalue weighted by Gasteiger charge is -2.15. The largest absolute Gasteiger partial charge is 0.441 e. The maximum absolute atomic E-state index is 12.1. The molecule has 1 heterocycles. The fourth-order valence-electron chi connectivity index (χ4n) is 2.29. The van der Waals surface area contributed by atoms with E-state index in [-0.39, 0.29) is 17.5 Å². The van der Waals surface area contributed by atoms with E-state index < -0.39 is 5.51 Å². The summed E-state index contributed by atoms with van der Waals surface area (Å²) in [7, 11) is 0. The SMILES string of the molecule is Cc1nc2c(n1CCSC(F)(F)F)CCCC2. The van der Waals surface area contributed by atoms with Gasteiger partial charge in [-0.3, -0.25) is 0 Å². The van der Waals surface area contributed by atoms with Gasteiger partial charge in [0.25, 0.3) is 0 Å². The van der Waals surface area contributed by atoms with Crippen molar-refractivity contribution in [2.24, 2.45) is 0 Å². The van der Waals surface area contributed by atoms with Crippen LogP contribution in [0.5, 0.6) is 0 Å². The molecule has 0 spiro atoms. The Labute approximate surface area is 103 Å². The summed E-state index contributed by atoms with van der Waals surface area (Å²) < 4.78 is 38.1. The summed E-state index contributed by atoms with van der Waals surface area (Å²) in [5, 5.41) is 0. The number of rotatable bonds is 3. The smallest absolute Gasteiger partial charge is 0.331 e. The zero-order valence-corrected chi connectivity index (χ0v) is 10.5. The first kappa shape index (κ1) is 12.8. The van der Waals surface area contributed by atoms with Crippen molar-refractivity contribution in [1.29, 1.82) is 0 Å². The number of hydrogen-bond acceptors (Lipinski definition) is 2. The molecule has 0 fully saturated rings. The molecule has 0 aromatic carbocycles. The third kappa shape index (κ3) is 3.18. The first-order chi connectivity index (χ1) is 7.97. The van der Waals surface area contributed by atoms with E-state index in [1.165, 1.54) is 0 Å². The maximum atomic E-state index is 12.1. The van der Waals surface area contributed by atoms with Crippen LogP contribution < -0.4 is 0 Å². The van der Waals surface area contributed by atoms with Gasteiger partial charge in [-0.2, -0.15) is 13.2 Å². The minimum Gasteiger partial charge on any atom is -0.331 e. The number of nitrogens with zero attached hydrogens (tertiary/aromatic N) is 2. The van der Waals surface area contributed by atoms with Crippen molar-refractivity contribution >= 4 is 11.8 Å².